The smallest absolute Gasteiger partial charge is 0.104 e. The Kier molecular flexibility index (Phi) is 2.58. The second-order valence-corrected chi connectivity index (χ2v) is 6.18. The number of anilines is 1. The largest absolute Gasteiger partial charge is 0.369 e. The first-order chi connectivity index (χ1) is 10.9. The van der Waals surface area contributed by atoms with Crippen LogP contribution in [0.4, 0.5) is 5.69 Å². The van der Waals surface area contributed by atoms with Gasteiger partial charge in [0.1, 0.15) is 6.10 Å². The van der Waals surface area contributed by atoms with Crippen molar-refractivity contribution < 1.29 is 4.74 Å². The van der Waals surface area contributed by atoms with Gasteiger partial charge in [-0.05, 0) is 35.7 Å². The average molecular weight is 290 g/mol. The molecule has 2 aliphatic rings. The summed E-state index contributed by atoms with van der Waals surface area (Å²) < 4.78 is 6.19. The van der Waals surface area contributed by atoms with Crippen LogP contribution in [-0.2, 0) is 11.2 Å². The molecule has 2 aromatic carbocycles. The number of hydrogen-bond donors (Lipinski definition) is 1. The Morgan fingerprint density at radius 2 is 1.95 bits per heavy atom. The summed E-state index contributed by atoms with van der Waals surface area (Å²) >= 11 is 0. The van der Waals surface area contributed by atoms with Crippen molar-refractivity contribution in [2.45, 2.75) is 18.6 Å². The summed E-state index contributed by atoms with van der Waals surface area (Å²) in [6.45, 7) is 1.74. The number of rotatable bonds is 1. The van der Waals surface area contributed by atoms with Gasteiger partial charge in [0.15, 0.2) is 0 Å². The van der Waals surface area contributed by atoms with E-state index in [4.69, 9.17) is 4.74 Å². The fourth-order valence-corrected chi connectivity index (χ4v) is 4.08. The number of benzene rings is 2. The van der Waals surface area contributed by atoms with Crippen molar-refractivity contribution in [3.63, 3.8) is 0 Å². The van der Waals surface area contributed by atoms with E-state index in [0.717, 1.165) is 19.6 Å². The Morgan fingerprint density at radius 1 is 1.05 bits per heavy atom. The number of ether oxygens (including phenoxy) is 1. The number of aromatic amines is 1. The highest BCUT2D eigenvalue weighted by atomic mass is 16.5. The minimum absolute atomic E-state index is 0.168. The van der Waals surface area contributed by atoms with Gasteiger partial charge in [0.2, 0.25) is 0 Å². The summed E-state index contributed by atoms with van der Waals surface area (Å²) in [5.74, 6) is 0. The third-order valence-corrected chi connectivity index (χ3v) is 5.02. The molecule has 3 heteroatoms. The molecule has 0 bridgehead atoms. The summed E-state index contributed by atoms with van der Waals surface area (Å²) in [4.78, 5) is 5.93. The molecule has 1 fully saturated rings. The molecule has 22 heavy (non-hydrogen) atoms. The second kappa shape index (κ2) is 4.62. The molecule has 0 saturated carbocycles. The summed E-state index contributed by atoms with van der Waals surface area (Å²) in [6.07, 6.45) is 3.37. The predicted molar refractivity (Wildman–Crippen MR) is 88.3 cm³/mol. The highest BCUT2D eigenvalue weighted by molar-refractivity contribution is 5.88. The predicted octanol–water partition coefficient (Wildman–Crippen LogP) is 3.67. The van der Waals surface area contributed by atoms with Gasteiger partial charge in [-0.1, -0.05) is 30.3 Å². The maximum Gasteiger partial charge on any atom is 0.104 e. The molecule has 1 N–H and O–H groups in total. The van der Waals surface area contributed by atoms with Gasteiger partial charge in [-0.3, -0.25) is 0 Å². The molecule has 2 atom stereocenters. The number of hydrogen-bond acceptors (Lipinski definition) is 2. The summed E-state index contributed by atoms with van der Waals surface area (Å²) in [5.41, 5.74) is 5.28. The zero-order valence-corrected chi connectivity index (χ0v) is 12.3. The number of aromatic nitrogens is 1. The average Bonchev–Trinajstić information content (AvgIpc) is 3.00. The number of nitrogens with one attached hydrogen (secondary N) is 1. The highest BCUT2D eigenvalue weighted by Crippen LogP contribution is 2.42. The first-order valence-electron chi connectivity index (χ1n) is 7.94. The van der Waals surface area contributed by atoms with E-state index in [1.807, 2.05) is 0 Å². The third-order valence-electron chi connectivity index (χ3n) is 5.02. The molecule has 1 aliphatic carbocycles. The van der Waals surface area contributed by atoms with E-state index in [2.05, 4.69) is 64.6 Å². The van der Waals surface area contributed by atoms with Crippen LogP contribution in [0.2, 0.25) is 0 Å². The van der Waals surface area contributed by atoms with Crippen molar-refractivity contribution in [1.82, 2.24) is 4.98 Å². The number of nitrogens with zero attached hydrogens (tertiary/aromatic N) is 1. The molecule has 2 heterocycles. The zero-order valence-electron chi connectivity index (χ0n) is 12.3. The number of fused-ring (bicyclic) bond motifs is 2. The van der Waals surface area contributed by atoms with Crippen LogP contribution in [-0.4, -0.2) is 24.2 Å². The molecule has 3 aromatic rings. The quantitative estimate of drug-likeness (QED) is 0.740. The van der Waals surface area contributed by atoms with Crippen molar-refractivity contribution in [3.8, 4) is 0 Å². The van der Waals surface area contributed by atoms with Gasteiger partial charge in [0.25, 0.3) is 0 Å². The minimum Gasteiger partial charge on any atom is -0.369 e. The molecular formula is C19H18N2O. The first-order valence-corrected chi connectivity index (χ1v) is 7.94. The standard InChI is InChI=1S/C19H18N2O/c1-2-5-14(6-3-1)21-9-10-22-19-15-7-4-8-16-18(15)13(12-20-16)11-17(19)21/h1-8,12,17,19-20H,9-11H2/t17-,19?/m1/s1. The van der Waals surface area contributed by atoms with Crippen LogP contribution in [0.5, 0.6) is 0 Å². The summed E-state index contributed by atoms with van der Waals surface area (Å²) in [7, 11) is 0. The van der Waals surface area contributed by atoms with Gasteiger partial charge in [-0.15, -0.1) is 0 Å². The van der Waals surface area contributed by atoms with Crippen molar-refractivity contribution in [1.29, 1.82) is 0 Å². The lowest BCUT2D eigenvalue weighted by Crippen LogP contribution is -2.49. The van der Waals surface area contributed by atoms with Crippen molar-refractivity contribution in [2.75, 3.05) is 18.1 Å². The normalized spacial score (nSPS) is 23.5. The van der Waals surface area contributed by atoms with Crippen LogP contribution in [0.1, 0.15) is 17.2 Å². The SMILES string of the molecule is c1ccc(N2CCOC3c4cccc5[nH]cc(c45)C[C@H]32)cc1. The molecule has 0 spiro atoms. The Bertz CT molecular complexity index is 824. The van der Waals surface area contributed by atoms with Gasteiger partial charge in [0, 0.05) is 29.3 Å². The minimum atomic E-state index is 0.168. The fourth-order valence-electron chi connectivity index (χ4n) is 4.08. The molecule has 1 aliphatic heterocycles. The van der Waals surface area contributed by atoms with Crippen molar-refractivity contribution >= 4 is 16.6 Å². The van der Waals surface area contributed by atoms with Gasteiger partial charge in [0.05, 0.1) is 12.6 Å². The van der Waals surface area contributed by atoms with E-state index >= 15 is 0 Å². The zero-order chi connectivity index (χ0) is 14.5. The molecule has 0 radical (unpaired) electrons. The highest BCUT2D eigenvalue weighted by Gasteiger charge is 2.38. The lowest BCUT2D eigenvalue weighted by atomic mass is 9.85. The fraction of sp³-hybridized carbons (Fsp3) is 0.263. The maximum absolute atomic E-state index is 6.19. The van der Waals surface area contributed by atoms with Crippen LogP contribution >= 0.6 is 0 Å². The summed E-state index contributed by atoms with van der Waals surface area (Å²) in [5, 5.41) is 1.37. The topological polar surface area (TPSA) is 28.3 Å². The lowest BCUT2D eigenvalue weighted by molar-refractivity contribution is 0.00907. The Hall–Kier alpha value is -2.26. The van der Waals surface area contributed by atoms with Crippen LogP contribution in [0, 0.1) is 0 Å². The Balaban J connectivity index is 1.63. The van der Waals surface area contributed by atoms with Crippen molar-refractivity contribution in [3.05, 3.63) is 65.9 Å². The van der Waals surface area contributed by atoms with E-state index < -0.39 is 0 Å². The molecule has 110 valence electrons. The second-order valence-electron chi connectivity index (χ2n) is 6.18. The van der Waals surface area contributed by atoms with E-state index in [-0.39, 0.29) is 6.10 Å². The van der Waals surface area contributed by atoms with Crippen LogP contribution in [0.3, 0.4) is 0 Å². The van der Waals surface area contributed by atoms with E-state index in [0.29, 0.717) is 6.04 Å². The third kappa shape index (κ3) is 1.66. The Morgan fingerprint density at radius 3 is 2.86 bits per heavy atom. The van der Waals surface area contributed by atoms with Gasteiger partial charge in [-0.2, -0.15) is 0 Å². The Labute approximate surface area is 129 Å². The number of para-hydroxylation sites is 1. The van der Waals surface area contributed by atoms with Gasteiger partial charge >= 0.3 is 0 Å². The monoisotopic (exact) mass is 290 g/mol. The van der Waals surface area contributed by atoms with E-state index in [1.54, 1.807) is 0 Å². The van der Waals surface area contributed by atoms with E-state index in [1.165, 1.54) is 27.7 Å². The van der Waals surface area contributed by atoms with Crippen LogP contribution < -0.4 is 4.90 Å². The van der Waals surface area contributed by atoms with Crippen LogP contribution in [0.25, 0.3) is 10.9 Å². The lowest BCUT2D eigenvalue weighted by Gasteiger charge is -2.45. The van der Waals surface area contributed by atoms with Gasteiger partial charge in [-0.25, -0.2) is 0 Å². The molecule has 1 saturated heterocycles. The van der Waals surface area contributed by atoms with E-state index in [9.17, 15) is 0 Å². The number of morpholine rings is 1. The molecule has 5 rings (SSSR count). The molecule has 1 unspecified atom stereocenters. The maximum atomic E-state index is 6.19. The number of H-pyrrole nitrogens is 1. The molecular weight excluding hydrogens is 272 g/mol. The van der Waals surface area contributed by atoms with Gasteiger partial charge < -0.3 is 14.6 Å². The first kappa shape index (κ1) is 12.3. The summed E-state index contributed by atoms with van der Waals surface area (Å²) in [6, 6.07) is 17.6. The van der Waals surface area contributed by atoms with Crippen LogP contribution in [0.15, 0.2) is 54.7 Å². The molecule has 1 aromatic heterocycles. The molecule has 0 amide bonds. The van der Waals surface area contributed by atoms with Crippen molar-refractivity contribution in [2.24, 2.45) is 0 Å². The molecule has 3 nitrogen and oxygen atoms in total.